The van der Waals surface area contributed by atoms with Gasteiger partial charge in [0.25, 0.3) is 0 Å². The van der Waals surface area contributed by atoms with Gasteiger partial charge in [0.1, 0.15) is 6.20 Å². The molecule has 5 nitrogen and oxygen atoms in total. The molecule has 0 saturated heterocycles. The predicted octanol–water partition coefficient (Wildman–Crippen LogP) is 4.69. The Morgan fingerprint density at radius 2 is 1.43 bits per heavy atom. The highest BCUT2D eigenvalue weighted by molar-refractivity contribution is 8.00. The number of hydrogen-bond acceptors (Lipinski definition) is 6. The predicted molar refractivity (Wildman–Crippen MR) is 89.8 cm³/mol. The molecule has 0 radical (unpaired) electrons. The zero-order valence-electron chi connectivity index (χ0n) is 11.8. The lowest BCUT2D eigenvalue weighted by atomic mass is 10.4. The number of rotatable bonds is 5. The summed E-state index contributed by atoms with van der Waals surface area (Å²) in [6.45, 7) is 0. The zero-order chi connectivity index (χ0) is 16.1. The Morgan fingerprint density at radius 3 is 2.00 bits per heavy atom. The van der Waals surface area contributed by atoms with Crippen LogP contribution in [0.25, 0.3) is 0 Å². The van der Waals surface area contributed by atoms with E-state index < -0.39 is 4.92 Å². The van der Waals surface area contributed by atoms with Crippen LogP contribution >= 0.6 is 23.5 Å². The Kier molecular flexibility index (Phi) is 4.89. The highest BCUT2D eigenvalue weighted by atomic mass is 32.2. The molecule has 0 aliphatic heterocycles. The normalized spacial score (nSPS) is 10.4. The Bertz CT molecular complexity index is 814. The van der Waals surface area contributed by atoms with Gasteiger partial charge in [-0.1, -0.05) is 48.2 Å². The smallest absolute Gasteiger partial charge is 0.258 e. The van der Waals surface area contributed by atoms with Gasteiger partial charge in [-0.3, -0.25) is 10.1 Å². The van der Waals surface area contributed by atoms with Crippen LogP contribution in [0.3, 0.4) is 0 Å². The molecule has 0 atom stereocenters. The summed E-state index contributed by atoms with van der Waals surface area (Å²) < 4.78 is 0. The Morgan fingerprint density at radius 1 is 0.870 bits per heavy atom. The molecule has 2 aromatic carbocycles. The van der Waals surface area contributed by atoms with E-state index in [1.807, 2.05) is 60.7 Å². The van der Waals surface area contributed by atoms with E-state index in [-0.39, 0.29) is 5.69 Å². The number of nitrogens with zero attached hydrogens (tertiary/aromatic N) is 3. The molecule has 3 rings (SSSR count). The van der Waals surface area contributed by atoms with Gasteiger partial charge in [0, 0.05) is 9.79 Å². The molecule has 3 aromatic rings. The molecule has 0 fully saturated rings. The maximum absolute atomic E-state index is 11.2. The fraction of sp³-hybridized carbons (Fsp3) is 0. The van der Waals surface area contributed by atoms with Crippen LogP contribution in [0.15, 0.2) is 86.8 Å². The van der Waals surface area contributed by atoms with Gasteiger partial charge in [0.05, 0.1) is 4.92 Å². The average molecular weight is 341 g/mol. The lowest BCUT2D eigenvalue weighted by Gasteiger charge is -2.04. The molecule has 0 amide bonds. The van der Waals surface area contributed by atoms with Crippen molar-refractivity contribution in [2.45, 2.75) is 20.0 Å². The number of benzene rings is 2. The van der Waals surface area contributed by atoms with Gasteiger partial charge in [0.15, 0.2) is 10.2 Å². The van der Waals surface area contributed by atoms with Crippen molar-refractivity contribution in [1.29, 1.82) is 0 Å². The minimum atomic E-state index is -0.456. The van der Waals surface area contributed by atoms with Gasteiger partial charge in [-0.2, -0.15) is 0 Å². The fourth-order valence-electron chi connectivity index (χ4n) is 1.79. The third-order valence-electron chi connectivity index (χ3n) is 2.82. The molecule has 23 heavy (non-hydrogen) atoms. The maximum Gasteiger partial charge on any atom is 0.319 e. The zero-order valence-corrected chi connectivity index (χ0v) is 13.5. The van der Waals surface area contributed by atoms with E-state index in [1.165, 1.54) is 29.7 Å². The molecule has 0 aliphatic carbocycles. The van der Waals surface area contributed by atoms with Crippen molar-refractivity contribution in [2.24, 2.45) is 0 Å². The van der Waals surface area contributed by atoms with E-state index >= 15 is 0 Å². The van der Waals surface area contributed by atoms with Crippen molar-refractivity contribution in [2.75, 3.05) is 0 Å². The minimum Gasteiger partial charge on any atom is -0.258 e. The summed E-state index contributed by atoms with van der Waals surface area (Å²) in [6, 6.07) is 19.1. The van der Waals surface area contributed by atoms with Gasteiger partial charge >= 0.3 is 5.69 Å². The first-order chi connectivity index (χ1) is 11.2. The number of nitro groups is 1. The molecule has 1 heterocycles. The summed E-state index contributed by atoms with van der Waals surface area (Å²) in [5.74, 6) is 0. The van der Waals surface area contributed by atoms with E-state index in [2.05, 4.69) is 9.97 Å². The average Bonchev–Trinajstić information content (AvgIpc) is 2.57. The first-order valence-electron chi connectivity index (χ1n) is 6.69. The molecular formula is C16H11N3O2S2. The van der Waals surface area contributed by atoms with Crippen LogP contribution in [-0.2, 0) is 0 Å². The fourth-order valence-corrected chi connectivity index (χ4v) is 3.47. The van der Waals surface area contributed by atoms with Gasteiger partial charge in [-0.25, -0.2) is 9.97 Å². The van der Waals surface area contributed by atoms with E-state index in [0.717, 1.165) is 9.79 Å². The molecule has 1 aromatic heterocycles. The van der Waals surface area contributed by atoms with Crippen molar-refractivity contribution < 1.29 is 4.92 Å². The molecular weight excluding hydrogens is 330 g/mol. The highest BCUT2D eigenvalue weighted by Crippen LogP contribution is 2.34. The second-order valence-electron chi connectivity index (χ2n) is 4.43. The van der Waals surface area contributed by atoms with Crippen molar-refractivity contribution in [3.05, 3.63) is 77.0 Å². The Hall–Kier alpha value is -2.38. The molecule has 0 bridgehead atoms. The van der Waals surface area contributed by atoms with E-state index in [4.69, 9.17) is 0 Å². The molecule has 0 saturated carbocycles. The monoisotopic (exact) mass is 341 g/mol. The summed E-state index contributed by atoms with van der Waals surface area (Å²) >= 11 is 2.64. The molecule has 0 spiro atoms. The van der Waals surface area contributed by atoms with Gasteiger partial charge in [-0.05, 0) is 36.0 Å². The van der Waals surface area contributed by atoms with Crippen LogP contribution in [0.1, 0.15) is 0 Å². The van der Waals surface area contributed by atoms with Crippen molar-refractivity contribution >= 4 is 29.2 Å². The standard InChI is InChI=1S/C16H11N3O2S2/c20-19(21)14-11-17-16(23-13-9-5-2-6-10-13)18-15(14)22-12-7-3-1-4-8-12/h1-11H. The van der Waals surface area contributed by atoms with Crippen LogP contribution in [-0.4, -0.2) is 14.9 Å². The van der Waals surface area contributed by atoms with Crippen LogP contribution in [0.5, 0.6) is 0 Å². The van der Waals surface area contributed by atoms with Crippen molar-refractivity contribution in [1.82, 2.24) is 9.97 Å². The van der Waals surface area contributed by atoms with Crippen molar-refractivity contribution in [3.63, 3.8) is 0 Å². The molecule has 7 heteroatoms. The van der Waals surface area contributed by atoms with E-state index in [1.54, 1.807) is 0 Å². The Balaban J connectivity index is 1.91. The Labute approximate surface area is 141 Å². The third-order valence-corrected chi connectivity index (χ3v) is 4.71. The van der Waals surface area contributed by atoms with Crippen LogP contribution in [0.4, 0.5) is 5.69 Å². The van der Waals surface area contributed by atoms with Crippen LogP contribution in [0, 0.1) is 10.1 Å². The van der Waals surface area contributed by atoms with Crippen molar-refractivity contribution in [3.8, 4) is 0 Å². The lowest BCUT2D eigenvalue weighted by Crippen LogP contribution is -1.97. The summed E-state index contributed by atoms with van der Waals surface area (Å²) in [5.41, 5.74) is -0.0868. The van der Waals surface area contributed by atoms with E-state index in [0.29, 0.717) is 10.2 Å². The first kappa shape index (κ1) is 15.5. The summed E-state index contributed by atoms with van der Waals surface area (Å²) in [7, 11) is 0. The van der Waals surface area contributed by atoms with Crippen LogP contribution in [0.2, 0.25) is 0 Å². The highest BCUT2D eigenvalue weighted by Gasteiger charge is 2.18. The lowest BCUT2D eigenvalue weighted by molar-refractivity contribution is -0.388. The molecule has 0 aliphatic rings. The largest absolute Gasteiger partial charge is 0.319 e. The van der Waals surface area contributed by atoms with Gasteiger partial charge < -0.3 is 0 Å². The quantitative estimate of drug-likeness (QED) is 0.290. The third kappa shape index (κ3) is 4.08. The number of hydrogen-bond donors (Lipinski definition) is 0. The maximum atomic E-state index is 11.2. The second-order valence-corrected chi connectivity index (χ2v) is 6.53. The summed E-state index contributed by atoms with van der Waals surface area (Å²) in [6.07, 6.45) is 1.27. The SMILES string of the molecule is O=[N+]([O-])c1cnc(Sc2ccccc2)nc1Sc1ccccc1. The molecule has 114 valence electrons. The topological polar surface area (TPSA) is 68.9 Å². The van der Waals surface area contributed by atoms with E-state index in [9.17, 15) is 10.1 Å². The molecule has 0 N–H and O–H groups in total. The van der Waals surface area contributed by atoms with Gasteiger partial charge in [-0.15, -0.1) is 0 Å². The summed E-state index contributed by atoms with van der Waals surface area (Å²) in [5, 5.41) is 12.0. The number of aromatic nitrogens is 2. The summed E-state index contributed by atoms with van der Waals surface area (Å²) in [4.78, 5) is 21.1. The minimum absolute atomic E-state index is 0.0868. The second kappa shape index (κ2) is 7.26. The first-order valence-corrected chi connectivity index (χ1v) is 8.33. The van der Waals surface area contributed by atoms with Gasteiger partial charge in [0.2, 0.25) is 0 Å². The molecule has 0 unspecified atom stereocenters. The van der Waals surface area contributed by atoms with Crippen LogP contribution < -0.4 is 0 Å².